The average molecular weight is 246 g/mol. The predicted molar refractivity (Wildman–Crippen MR) is 73.5 cm³/mol. The predicted octanol–water partition coefficient (Wildman–Crippen LogP) is 2.50. The van der Waals surface area contributed by atoms with Crippen molar-refractivity contribution in [3.05, 3.63) is 34.9 Å². The molecule has 1 aromatic rings. The molecule has 98 valence electrons. The van der Waals surface area contributed by atoms with Crippen LogP contribution in [-0.4, -0.2) is 23.4 Å². The molecule has 3 heteroatoms. The number of amides is 1. The number of fused-ring (bicyclic) bond motifs is 1. The van der Waals surface area contributed by atoms with E-state index in [1.165, 1.54) is 5.56 Å². The van der Waals surface area contributed by atoms with E-state index in [0.717, 1.165) is 24.1 Å². The molecule has 1 aromatic carbocycles. The minimum atomic E-state index is 0.168. The van der Waals surface area contributed by atoms with E-state index in [2.05, 4.69) is 39.0 Å². The van der Waals surface area contributed by atoms with Crippen molar-refractivity contribution in [3.8, 4) is 0 Å². The maximum Gasteiger partial charge on any atom is 0.254 e. The Hall–Kier alpha value is -1.35. The Morgan fingerprint density at radius 2 is 2.06 bits per heavy atom. The lowest BCUT2D eigenvalue weighted by Gasteiger charge is -2.19. The lowest BCUT2D eigenvalue weighted by atomic mass is 9.94. The molecular formula is C15H22N2O. The summed E-state index contributed by atoms with van der Waals surface area (Å²) in [6.07, 6.45) is 0.959. The number of hydrogen-bond donors (Lipinski definition) is 1. The van der Waals surface area contributed by atoms with E-state index < -0.39 is 0 Å². The second-order valence-corrected chi connectivity index (χ2v) is 5.42. The zero-order valence-electron chi connectivity index (χ0n) is 11.4. The summed E-state index contributed by atoms with van der Waals surface area (Å²) in [5, 5.41) is 0. The summed E-state index contributed by atoms with van der Waals surface area (Å²) in [5.41, 5.74) is 8.84. The van der Waals surface area contributed by atoms with Crippen LogP contribution >= 0.6 is 0 Å². The number of carbonyl (C=O) groups is 1. The number of nitrogens with two attached hydrogens (primary N) is 1. The summed E-state index contributed by atoms with van der Waals surface area (Å²) >= 11 is 0. The fourth-order valence-electron chi connectivity index (χ4n) is 2.48. The zero-order valence-corrected chi connectivity index (χ0v) is 11.4. The summed E-state index contributed by atoms with van der Waals surface area (Å²) in [4.78, 5) is 14.2. The second-order valence-electron chi connectivity index (χ2n) is 5.42. The van der Waals surface area contributed by atoms with Crippen LogP contribution in [0.15, 0.2) is 18.2 Å². The first-order valence-corrected chi connectivity index (χ1v) is 6.68. The van der Waals surface area contributed by atoms with Gasteiger partial charge in [0.1, 0.15) is 0 Å². The Labute approximate surface area is 109 Å². The van der Waals surface area contributed by atoms with Crippen molar-refractivity contribution >= 4 is 5.91 Å². The van der Waals surface area contributed by atoms with Gasteiger partial charge in [-0.15, -0.1) is 0 Å². The van der Waals surface area contributed by atoms with Crippen molar-refractivity contribution in [2.45, 2.75) is 45.7 Å². The van der Waals surface area contributed by atoms with Crippen LogP contribution in [0.3, 0.4) is 0 Å². The van der Waals surface area contributed by atoms with Gasteiger partial charge in [0, 0.05) is 18.2 Å². The van der Waals surface area contributed by atoms with Gasteiger partial charge in [-0.3, -0.25) is 4.79 Å². The molecule has 0 radical (unpaired) electrons. The summed E-state index contributed by atoms with van der Waals surface area (Å²) in [7, 11) is 0. The van der Waals surface area contributed by atoms with Gasteiger partial charge in [-0.05, 0) is 49.9 Å². The first kappa shape index (κ1) is 13.1. The molecule has 1 heterocycles. The monoisotopic (exact) mass is 246 g/mol. The zero-order chi connectivity index (χ0) is 13.3. The Kier molecular flexibility index (Phi) is 3.71. The Morgan fingerprint density at radius 3 is 2.67 bits per heavy atom. The minimum absolute atomic E-state index is 0.168. The molecule has 0 aliphatic carbocycles. The molecule has 2 N–H and O–H groups in total. The van der Waals surface area contributed by atoms with Crippen molar-refractivity contribution < 1.29 is 4.79 Å². The number of nitrogens with zero attached hydrogens (tertiary/aromatic N) is 1. The third-order valence-corrected chi connectivity index (χ3v) is 3.76. The molecule has 1 unspecified atom stereocenters. The summed E-state index contributed by atoms with van der Waals surface area (Å²) in [5.74, 6) is 0.586. The van der Waals surface area contributed by atoms with Gasteiger partial charge in [0.15, 0.2) is 0 Å². The van der Waals surface area contributed by atoms with Gasteiger partial charge in [-0.25, -0.2) is 0 Å². The molecule has 1 atom stereocenters. The van der Waals surface area contributed by atoms with Gasteiger partial charge >= 0.3 is 0 Å². The van der Waals surface area contributed by atoms with Crippen LogP contribution in [0, 0.1) is 0 Å². The maximum atomic E-state index is 12.3. The van der Waals surface area contributed by atoms with E-state index in [-0.39, 0.29) is 11.9 Å². The lowest BCUT2D eigenvalue weighted by Crippen LogP contribution is -2.30. The fraction of sp³-hybridized carbons (Fsp3) is 0.533. The Morgan fingerprint density at radius 1 is 1.33 bits per heavy atom. The molecule has 0 saturated heterocycles. The van der Waals surface area contributed by atoms with E-state index >= 15 is 0 Å². The van der Waals surface area contributed by atoms with Crippen LogP contribution < -0.4 is 5.73 Å². The molecule has 0 spiro atoms. The van der Waals surface area contributed by atoms with Crippen LogP contribution in [0.4, 0.5) is 0 Å². The third-order valence-electron chi connectivity index (χ3n) is 3.76. The van der Waals surface area contributed by atoms with Crippen molar-refractivity contribution in [2.75, 3.05) is 6.54 Å². The molecule has 0 fully saturated rings. The first-order chi connectivity index (χ1) is 8.54. The topological polar surface area (TPSA) is 46.3 Å². The van der Waals surface area contributed by atoms with Gasteiger partial charge in [0.2, 0.25) is 0 Å². The van der Waals surface area contributed by atoms with E-state index in [1.54, 1.807) is 0 Å². The lowest BCUT2D eigenvalue weighted by molar-refractivity contribution is 0.0730. The minimum Gasteiger partial charge on any atom is -0.332 e. The smallest absolute Gasteiger partial charge is 0.254 e. The SMILES string of the molecule is CC(CCN)c1ccc2c(c1)C(=O)N(C(C)C)C2. The number of hydrogen-bond acceptors (Lipinski definition) is 2. The average Bonchev–Trinajstić information content (AvgIpc) is 2.67. The molecule has 3 nitrogen and oxygen atoms in total. The Bertz CT molecular complexity index is 454. The standard InChI is InChI=1S/C15H22N2O/c1-10(2)17-9-13-5-4-12(11(3)6-7-16)8-14(13)15(17)18/h4-5,8,10-11H,6-7,9,16H2,1-3H3. The van der Waals surface area contributed by atoms with Gasteiger partial charge in [-0.2, -0.15) is 0 Å². The Balaban J connectivity index is 2.28. The van der Waals surface area contributed by atoms with Gasteiger partial charge in [0.25, 0.3) is 5.91 Å². The summed E-state index contributed by atoms with van der Waals surface area (Å²) < 4.78 is 0. The summed E-state index contributed by atoms with van der Waals surface area (Å²) in [6.45, 7) is 7.71. The molecule has 0 saturated carbocycles. The van der Waals surface area contributed by atoms with Crippen molar-refractivity contribution in [1.29, 1.82) is 0 Å². The highest BCUT2D eigenvalue weighted by atomic mass is 16.2. The molecule has 0 bridgehead atoms. The van der Waals surface area contributed by atoms with E-state index in [9.17, 15) is 4.79 Å². The molecule has 2 rings (SSSR count). The highest BCUT2D eigenvalue weighted by molar-refractivity contribution is 5.98. The highest BCUT2D eigenvalue weighted by Gasteiger charge is 2.29. The molecule has 1 aliphatic rings. The van der Waals surface area contributed by atoms with E-state index in [4.69, 9.17) is 5.73 Å². The number of benzene rings is 1. The van der Waals surface area contributed by atoms with Crippen LogP contribution in [0.1, 0.15) is 54.6 Å². The molecule has 1 amide bonds. The summed E-state index contributed by atoms with van der Waals surface area (Å²) in [6, 6.07) is 6.55. The van der Waals surface area contributed by atoms with Crippen LogP contribution in [0.2, 0.25) is 0 Å². The molecule has 1 aliphatic heterocycles. The number of rotatable bonds is 4. The molecule has 0 aromatic heterocycles. The van der Waals surface area contributed by atoms with Gasteiger partial charge in [0.05, 0.1) is 0 Å². The van der Waals surface area contributed by atoms with E-state index in [1.807, 2.05) is 4.90 Å². The highest BCUT2D eigenvalue weighted by Crippen LogP contribution is 2.28. The van der Waals surface area contributed by atoms with Gasteiger partial charge < -0.3 is 10.6 Å². The quantitative estimate of drug-likeness (QED) is 0.887. The fourth-order valence-corrected chi connectivity index (χ4v) is 2.48. The largest absolute Gasteiger partial charge is 0.332 e. The van der Waals surface area contributed by atoms with Crippen LogP contribution in [-0.2, 0) is 6.54 Å². The van der Waals surface area contributed by atoms with Crippen LogP contribution in [0.25, 0.3) is 0 Å². The van der Waals surface area contributed by atoms with E-state index in [0.29, 0.717) is 12.5 Å². The third kappa shape index (κ3) is 2.27. The van der Waals surface area contributed by atoms with Crippen molar-refractivity contribution in [1.82, 2.24) is 4.90 Å². The normalized spacial score (nSPS) is 16.3. The second kappa shape index (κ2) is 5.11. The van der Waals surface area contributed by atoms with Crippen LogP contribution in [0.5, 0.6) is 0 Å². The van der Waals surface area contributed by atoms with Crippen molar-refractivity contribution in [3.63, 3.8) is 0 Å². The maximum absolute atomic E-state index is 12.3. The molecular weight excluding hydrogens is 224 g/mol. The first-order valence-electron chi connectivity index (χ1n) is 6.68. The number of carbonyl (C=O) groups excluding carboxylic acids is 1. The van der Waals surface area contributed by atoms with Gasteiger partial charge in [-0.1, -0.05) is 19.1 Å². The van der Waals surface area contributed by atoms with Crippen molar-refractivity contribution in [2.24, 2.45) is 5.73 Å². The molecule has 18 heavy (non-hydrogen) atoms.